The third-order valence-corrected chi connectivity index (χ3v) is 1.62. The van der Waals surface area contributed by atoms with Crippen LogP contribution in [0.5, 0.6) is 5.75 Å². The summed E-state index contributed by atoms with van der Waals surface area (Å²) in [5, 5.41) is 2.23. The molecule has 0 atom stereocenters. The maximum Gasteiger partial charge on any atom is 0.137 e. The molecule has 0 aliphatic rings. The zero-order valence-corrected chi connectivity index (χ0v) is 9.46. The van der Waals surface area contributed by atoms with Crippen LogP contribution in [0.3, 0.4) is 0 Å². The summed E-state index contributed by atoms with van der Waals surface area (Å²) in [5.74, 6) is 0.960. The van der Waals surface area contributed by atoms with E-state index in [9.17, 15) is 0 Å². The SMILES string of the molecule is CC[NH2+]CCOc1ccccc1.[Br-]. The first-order valence-electron chi connectivity index (χ1n) is 4.43. The van der Waals surface area contributed by atoms with Crippen LogP contribution >= 0.6 is 0 Å². The smallest absolute Gasteiger partial charge is 0.137 e. The second kappa shape index (κ2) is 8.08. The van der Waals surface area contributed by atoms with Gasteiger partial charge in [-0.05, 0) is 19.1 Å². The lowest BCUT2D eigenvalue weighted by Crippen LogP contribution is -3.00. The van der Waals surface area contributed by atoms with E-state index in [-0.39, 0.29) is 17.0 Å². The molecule has 0 fully saturated rings. The van der Waals surface area contributed by atoms with Crippen molar-refractivity contribution in [3.8, 4) is 5.75 Å². The van der Waals surface area contributed by atoms with Crippen molar-refractivity contribution in [3.63, 3.8) is 0 Å². The lowest BCUT2D eigenvalue weighted by atomic mass is 10.3. The third-order valence-electron chi connectivity index (χ3n) is 1.62. The topological polar surface area (TPSA) is 25.8 Å². The minimum absolute atomic E-state index is 0. The molecule has 3 heteroatoms. The molecule has 0 unspecified atom stereocenters. The second-order valence-electron chi connectivity index (χ2n) is 2.65. The Labute approximate surface area is 90.1 Å². The molecule has 0 heterocycles. The van der Waals surface area contributed by atoms with Crippen molar-refractivity contribution in [2.45, 2.75) is 6.92 Å². The van der Waals surface area contributed by atoms with Gasteiger partial charge >= 0.3 is 0 Å². The molecule has 0 saturated heterocycles. The second-order valence-corrected chi connectivity index (χ2v) is 2.65. The van der Waals surface area contributed by atoms with Crippen LogP contribution in [0.2, 0.25) is 0 Å². The summed E-state index contributed by atoms with van der Waals surface area (Å²) in [6, 6.07) is 9.92. The normalized spacial score (nSPS) is 9.00. The minimum Gasteiger partial charge on any atom is -1.00 e. The van der Waals surface area contributed by atoms with Gasteiger partial charge in [-0.3, -0.25) is 0 Å². The lowest BCUT2D eigenvalue weighted by molar-refractivity contribution is -0.652. The Bertz CT molecular complexity index is 203. The van der Waals surface area contributed by atoms with Gasteiger partial charge in [0, 0.05) is 0 Å². The van der Waals surface area contributed by atoms with Gasteiger partial charge in [-0.15, -0.1) is 0 Å². The van der Waals surface area contributed by atoms with Crippen molar-refractivity contribution in [1.82, 2.24) is 0 Å². The average molecular weight is 246 g/mol. The third kappa shape index (κ3) is 5.66. The molecular weight excluding hydrogens is 230 g/mol. The Kier molecular flexibility index (Phi) is 7.74. The predicted octanol–water partition coefficient (Wildman–Crippen LogP) is -2.35. The monoisotopic (exact) mass is 245 g/mol. The van der Waals surface area contributed by atoms with Gasteiger partial charge in [0.1, 0.15) is 18.9 Å². The van der Waals surface area contributed by atoms with Gasteiger partial charge < -0.3 is 27.0 Å². The number of hydrogen-bond donors (Lipinski definition) is 1. The molecule has 0 radical (unpaired) electrons. The fraction of sp³-hybridized carbons (Fsp3) is 0.400. The highest BCUT2D eigenvalue weighted by atomic mass is 79.9. The van der Waals surface area contributed by atoms with Crippen molar-refractivity contribution in [2.24, 2.45) is 0 Å². The van der Waals surface area contributed by atoms with E-state index in [1.807, 2.05) is 30.3 Å². The lowest BCUT2D eigenvalue weighted by Gasteiger charge is -2.03. The van der Waals surface area contributed by atoms with Crippen LogP contribution in [0.25, 0.3) is 0 Å². The van der Waals surface area contributed by atoms with Gasteiger partial charge in [-0.1, -0.05) is 18.2 Å². The number of likely N-dealkylation sites (N-methyl/N-ethyl adjacent to an activating group) is 1. The molecule has 0 aliphatic heterocycles. The molecule has 1 rings (SSSR count). The first-order chi connectivity index (χ1) is 5.93. The van der Waals surface area contributed by atoms with E-state index in [2.05, 4.69) is 12.2 Å². The summed E-state index contributed by atoms with van der Waals surface area (Å²) >= 11 is 0. The van der Waals surface area contributed by atoms with Gasteiger partial charge in [0.05, 0.1) is 6.54 Å². The number of halogens is 1. The average Bonchev–Trinajstić information content (AvgIpc) is 2.14. The van der Waals surface area contributed by atoms with E-state index >= 15 is 0 Å². The molecule has 0 saturated carbocycles. The number of quaternary nitrogens is 1. The van der Waals surface area contributed by atoms with Crippen LogP contribution in [0.15, 0.2) is 30.3 Å². The van der Waals surface area contributed by atoms with Crippen LogP contribution in [0.4, 0.5) is 0 Å². The Balaban J connectivity index is 0.00000144. The molecule has 2 N–H and O–H groups in total. The fourth-order valence-corrected chi connectivity index (χ4v) is 0.981. The highest BCUT2D eigenvalue weighted by molar-refractivity contribution is 5.20. The Hall–Kier alpha value is -0.540. The van der Waals surface area contributed by atoms with E-state index in [1.165, 1.54) is 0 Å². The molecule has 0 aromatic heterocycles. The quantitative estimate of drug-likeness (QED) is 0.579. The highest BCUT2D eigenvalue weighted by Gasteiger charge is 1.90. The van der Waals surface area contributed by atoms with Crippen molar-refractivity contribution in [1.29, 1.82) is 0 Å². The van der Waals surface area contributed by atoms with E-state index in [0.29, 0.717) is 0 Å². The zero-order valence-electron chi connectivity index (χ0n) is 7.87. The molecule has 0 spiro atoms. The number of nitrogens with two attached hydrogens (primary N) is 1. The molecule has 0 amide bonds. The molecule has 1 aromatic carbocycles. The van der Waals surface area contributed by atoms with Crippen molar-refractivity contribution in [3.05, 3.63) is 30.3 Å². The molecule has 13 heavy (non-hydrogen) atoms. The van der Waals surface area contributed by atoms with Crippen molar-refractivity contribution in [2.75, 3.05) is 19.7 Å². The molecule has 74 valence electrons. The van der Waals surface area contributed by atoms with Gasteiger partial charge in [-0.25, -0.2) is 0 Å². The van der Waals surface area contributed by atoms with Gasteiger partial charge in [0.15, 0.2) is 0 Å². The largest absolute Gasteiger partial charge is 1.00 e. The number of benzene rings is 1. The van der Waals surface area contributed by atoms with E-state index in [0.717, 1.165) is 25.4 Å². The summed E-state index contributed by atoms with van der Waals surface area (Å²) in [7, 11) is 0. The van der Waals surface area contributed by atoms with Crippen LogP contribution in [-0.4, -0.2) is 19.7 Å². The Morgan fingerprint density at radius 2 is 1.92 bits per heavy atom. The number of hydrogen-bond acceptors (Lipinski definition) is 1. The van der Waals surface area contributed by atoms with Crippen LogP contribution in [-0.2, 0) is 0 Å². The van der Waals surface area contributed by atoms with Crippen molar-refractivity contribution < 1.29 is 27.0 Å². The number of rotatable bonds is 5. The first-order valence-corrected chi connectivity index (χ1v) is 4.43. The Morgan fingerprint density at radius 1 is 1.23 bits per heavy atom. The molecule has 1 aromatic rings. The van der Waals surface area contributed by atoms with Crippen molar-refractivity contribution >= 4 is 0 Å². The highest BCUT2D eigenvalue weighted by Crippen LogP contribution is 2.06. The molecule has 0 aliphatic carbocycles. The first kappa shape index (κ1) is 12.5. The number of ether oxygens (including phenoxy) is 1. The molecular formula is C10H16BrNO. The van der Waals surface area contributed by atoms with Crippen LogP contribution < -0.4 is 27.0 Å². The summed E-state index contributed by atoms with van der Waals surface area (Å²) in [6.45, 7) is 5.09. The maximum absolute atomic E-state index is 5.48. The van der Waals surface area contributed by atoms with E-state index in [4.69, 9.17) is 4.74 Å². The van der Waals surface area contributed by atoms with E-state index < -0.39 is 0 Å². The summed E-state index contributed by atoms with van der Waals surface area (Å²) < 4.78 is 5.48. The van der Waals surface area contributed by atoms with Gasteiger partial charge in [-0.2, -0.15) is 0 Å². The maximum atomic E-state index is 5.48. The standard InChI is InChI=1S/C10H15NO.BrH/c1-2-11-8-9-12-10-6-4-3-5-7-10;/h3-7,11H,2,8-9H2,1H3;1H. The molecule has 2 nitrogen and oxygen atoms in total. The summed E-state index contributed by atoms with van der Waals surface area (Å²) in [4.78, 5) is 0. The van der Waals surface area contributed by atoms with Gasteiger partial charge in [0.2, 0.25) is 0 Å². The van der Waals surface area contributed by atoms with E-state index in [1.54, 1.807) is 0 Å². The Morgan fingerprint density at radius 3 is 2.54 bits per heavy atom. The summed E-state index contributed by atoms with van der Waals surface area (Å²) in [6.07, 6.45) is 0. The number of para-hydroxylation sites is 1. The minimum atomic E-state index is 0. The summed E-state index contributed by atoms with van der Waals surface area (Å²) in [5.41, 5.74) is 0. The fourth-order valence-electron chi connectivity index (χ4n) is 0.981. The predicted molar refractivity (Wildman–Crippen MR) is 49.3 cm³/mol. The van der Waals surface area contributed by atoms with Crippen LogP contribution in [0, 0.1) is 0 Å². The van der Waals surface area contributed by atoms with Gasteiger partial charge in [0.25, 0.3) is 0 Å². The zero-order chi connectivity index (χ0) is 8.65. The van der Waals surface area contributed by atoms with Crippen LogP contribution in [0.1, 0.15) is 6.92 Å². The molecule has 0 bridgehead atoms.